The summed E-state index contributed by atoms with van der Waals surface area (Å²) in [6.45, 7) is 1.95. The number of ether oxygens (including phenoxy) is 1. The number of nitrogens with one attached hydrogen (secondary N) is 2. The first-order chi connectivity index (χ1) is 15.1. The molecule has 2 N–H and O–H groups in total. The van der Waals surface area contributed by atoms with Crippen LogP contribution in [0.3, 0.4) is 0 Å². The Hall–Kier alpha value is -2.33. The molecule has 0 atom stereocenters. The van der Waals surface area contributed by atoms with E-state index < -0.39 is 17.6 Å². The number of anilines is 2. The molecule has 32 heavy (non-hydrogen) atoms. The maximum Gasteiger partial charge on any atom is 0.416 e. The largest absolute Gasteiger partial charge is 0.416 e. The van der Waals surface area contributed by atoms with E-state index in [0.717, 1.165) is 12.1 Å². The molecule has 2 aromatic rings. The number of alkyl halides is 3. The van der Waals surface area contributed by atoms with Gasteiger partial charge in [-0.25, -0.2) is 0 Å². The lowest BCUT2D eigenvalue weighted by atomic mass is 10.1. The second-order valence-electron chi connectivity index (χ2n) is 6.77. The topological polar surface area (TPSA) is 53.6 Å². The number of amides is 1. The standard InChI is InChI=1S/C21H18Cl2F3N3O2S/c22-15-4-1-13(16(23)12-15)2-6-19(30)28-20(32)27-17-11-14(21(24,25)26)3-5-18(17)29-7-9-31-10-8-29/h1-6,11-12H,7-10H2,(H2,27,28,30,32). The van der Waals surface area contributed by atoms with Crippen LogP contribution in [-0.2, 0) is 15.7 Å². The number of morpholine rings is 1. The number of nitrogens with zero attached hydrogens (tertiary/aromatic N) is 1. The van der Waals surface area contributed by atoms with Crippen LogP contribution in [0.25, 0.3) is 6.08 Å². The molecule has 0 unspecified atom stereocenters. The SMILES string of the molecule is O=C(C=Cc1ccc(Cl)cc1Cl)NC(=S)Nc1cc(C(F)(F)F)ccc1N1CCOCC1. The number of thiocarbonyl (C=S) groups is 1. The number of carbonyl (C=O) groups excluding carboxylic acids is 1. The fraction of sp³-hybridized carbons (Fsp3) is 0.238. The number of benzene rings is 2. The highest BCUT2D eigenvalue weighted by atomic mass is 35.5. The van der Waals surface area contributed by atoms with Crippen LogP contribution in [0, 0.1) is 0 Å². The zero-order chi connectivity index (χ0) is 23.3. The van der Waals surface area contributed by atoms with E-state index in [1.54, 1.807) is 12.1 Å². The van der Waals surface area contributed by atoms with Gasteiger partial charge in [0.25, 0.3) is 0 Å². The van der Waals surface area contributed by atoms with Gasteiger partial charge in [0.2, 0.25) is 5.91 Å². The molecule has 1 fully saturated rings. The molecule has 3 rings (SSSR count). The van der Waals surface area contributed by atoms with Gasteiger partial charge in [-0.3, -0.25) is 10.1 Å². The molecule has 1 amide bonds. The van der Waals surface area contributed by atoms with Crippen molar-refractivity contribution in [2.45, 2.75) is 6.18 Å². The van der Waals surface area contributed by atoms with Gasteiger partial charge in [-0.1, -0.05) is 29.3 Å². The quantitative estimate of drug-likeness (QED) is 0.433. The average Bonchev–Trinajstić information content (AvgIpc) is 2.73. The third-order valence-electron chi connectivity index (χ3n) is 4.54. The Bertz CT molecular complexity index is 1040. The fourth-order valence-corrected chi connectivity index (χ4v) is 3.68. The Kier molecular flexibility index (Phi) is 8.00. The minimum Gasteiger partial charge on any atom is -0.378 e. The Morgan fingerprint density at radius 2 is 1.84 bits per heavy atom. The van der Waals surface area contributed by atoms with Gasteiger partial charge in [0, 0.05) is 29.2 Å². The summed E-state index contributed by atoms with van der Waals surface area (Å²) in [7, 11) is 0. The van der Waals surface area contributed by atoms with Gasteiger partial charge in [-0.2, -0.15) is 13.2 Å². The highest BCUT2D eigenvalue weighted by molar-refractivity contribution is 7.80. The van der Waals surface area contributed by atoms with Crippen molar-refractivity contribution in [3.8, 4) is 0 Å². The lowest BCUT2D eigenvalue weighted by Gasteiger charge is -2.31. The van der Waals surface area contributed by atoms with Crippen molar-refractivity contribution in [1.82, 2.24) is 5.32 Å². The van der Waals surface area contributed by atoms with Crippen LogP contribution >= 0.6 is 35.4 Å². The second kappa shape index (κ2) is 10.5. The Morgan fingerprint density at radius 1 is 1.12 bits per heavy atom. The number of halogens is 5. The van der Waals surface area contributed by atoms with Crippen molar-refractivity contribution < 1.29 is 22.7 Å². The van der Waals surface area contributed by atoms with Gasteiger partial charge in [-0.05, 0) is 54.2 Å². The van der Waals surface area contributed by atoms with E-state index in [2.05, 4.69) is 10.6 Å². The smallest absolute Gasteiger partial charge is 0.378 e. The van der Waals surface area contributed by atoms with Crippen LogP contribution in [0.4, 0.5) is 24.5 Å². The zero-order valence-corrected chi connectivity index (χ0v) is 18.8. The van der Waals surface area contributed by atoms with E-state index in [4.69, 9.17) is 40.2 Å². The normalized spacial score (nSPS) is 14.5. The summed E-state index contributed by atoms with van der Waals surface area (Å²) in [5, 5.41) is 5.80. The van der Waals surface area contributed by atoms with Crippen LogP contribution in [0.1, 0.15) is 11.1 Å². The molecule has 1 aliphatic rings. The maximum atomic E-state index is 13.2. The Balaban J connectivity index is 1.73. The van der Waals surface area contributed by atoms with Crippen molar-refractivity contribution >= 4 is 63.9 Å². The van der Waals surface area contributed by atoms with Crippen molar-refractivity contribution in [1.29, 1.82) is 0 Å². The molecule has 0 radical (unpaired) electrons. The summed E-state index contributed by atoms with van der Waals surface area (Å²) < 4.78 is 45.0. The predicted octanol–water partition coefficient (Wildman–Crippen LogP) is 5.38. The Labute approximate surface area is 198 Å². The molecule has 5 nitrogen and oxygen atoms in total. The molecule has 0 saturated carbocycles. The van der Waals surface area contributed by atoms with Crippen LogP contribution in [-0.4, -0.2) is 37.3 Å². The van der Waals surface area contributed by atoms with Crippen molar-refractivity contribution in [3.63, 3.8) is 0 Å². The van der Waals surface area contributed by atoms with Gasteiger partial charge < -0.3 is 15.0 Å². The van der Waals surface area contributed by atoms with Crippen LogP contribution in [0.5, 0.6) is 0 Å². The van der Waals surface area contributed by atoms with Crippen LogP contribution in [0.15, 0.2) is 42.5 Å². The van der Waals surface area contributed by atoms with E-state index in [-0.39, 0.29) is 10.8 Å². The van der Waals surface area contributed by atoms with Crippen LogP contribution < -0.4 is 15.5 Å². The van der Waals surface area contributed by atoms with Crippen molar-refractivity contribution in [3.05, 3.63) is 63.6 Å². The molecule has 1 aliphatic heterocycles. The van der Waals surface area contributed by atoms with E-state index in [0.29, 0.717) is 47.6 Å². The van der Waals surface area contributed by atoms with E-state index in [1.807, 2.05) is 4.90 Å². The van der Waals surface area contributed by atoms with E-state index >= 15 is 0 Å². The summed E-state index contributed by atoms with van der Waals surface area (Å²) in [6.07, 6.45) is -1.84. The summed E-state index contributed by atoms with van der Waals surface area (Å²) in [5.74, 6) is -0.576. The van der Waals surface area contributed by atoms with Crippen molar-refractivity contribution in [2.24, 2.45) is 0 Å². The highest BCUT2D eigenvalue weighted by Crippen LogP contribution is 2.35. The molecule has 1 saturated heterocycles. The lowest BCUT2D eigenvalue weighted by molar-refractivity contribution is -0.137. The maximum absolute atomic E-state index is 13.2. The summed E-state index contributed by atoms with van der Waals surface area (Å²) in [5.41, 5.74) is 0.402. The predicted molar refractivity (Wildman–Crippen MR) is 124 cm³/mol. The number of rotatable bonds is 4. The molecular formula is C21H18Cl2F3N3O2S. The van der Waals surface area contributed by atoms with Gasteiger partial charge in [0.05, 0.1) is 30.2 Å². The Morgan fingerprint density at radius 3 is 2.50 bits per heavy atom. The van der Waals surface area contributed by atoms with E-state index in [1.165, 1.54) is 24.3 Å². The minimum atomic E-state index is -4.52. The van der Waals surface area contributed by atoms with Gasteiger partial charge >= 0.3 is 6.18 Å². The van der Waals surface area contributed by atoms with Gasteiger partial charge in [0.15, 0.2) is 5.11 Å². The number of hydrogen-bond acceptors (Lipinski definition) is 4. The first-order valence-electron chi connectivity index (χ1n) is 9.42. The van der Waals surface area contributed by atoms with Crippen LogP contribution in [0.2, 0.25) is 10.0 Å². The minimum absolute atomic E-state index is 0.136. The molecule has 1 heterocycles. The number of hydrogen-bond donors (Lipinski definition) is 2. The molecule has 0 spiro atoms. The van der Waals surface area contributed by atoms with E-state index in [9.17, 15) is 18.0 Å². The van der Waals surface area contributed by atoms with Gasteiger partial charge in [-0.15, -0.1) is 0 Å². The molecule has 0 aromatic heterocycles. The third kappa shape index (κ3) is 6.59. The summed E-state index contributed by atoms with van der Waals surface area (Å²) in [6, 6.07) is 8.15. The average molecular weight is 504 g/mol. The monoisotopic (exact) mass is 503 g/mol. The summed E-state index contributed by atoms with van der Waals surface area (Å²) in [4.78, 5) is 14.1. The fourth-order valence-electron chi connectivity index (χ4n) is 3.00. The first-order valence-corrected chi connectivity index (χ1v) is 10.6. The van der Waals surface area contributed by atoms with Crippen molar-refractivity contribution in [2.75, 3.05) is 36.5 Å². The van der Waals surface area contributed by atoms with Gasteiger partial charge in [0.1, 0.15) is 0 Å². The lowest BCUT2D eigenvalue weighted by Crippen LogP contribution is -2.38. The molecule has 0 aliphatic carbocycles. The third-order valence-corrected chi connectivity index (χ3v) is 5.30. The molecule has 11 heteroatoms. The number of carbonyl (C=O) groups is 1. The first kappa shape index (κ1) is 24.3. The molecule has 2 aromatic carbocycles. The highest BCUT2D eigenvalue weighted by Gasteiger charge is 2.31. The second-order valence-corrected chi connectivity index (χ2v) is 8.02. The summed E-state index contributed by atoms with van der Waals surface area (Å²) >= 11 is 17.0. The molecule has 0 bridgehead atoms. The zero-order valence-electron chi connectivity index (χ0n) is 16.5. The molecule has 170 valence electrons. The molecular weight excluding hydrogens is 486 g/mol.